The molecule has 0 aliphatic heterocycles. The number of hydrogen-bond donors (Lipinski definition) is 1. The van der Waals surface area contributed by atoms with Crippen molar-refractivity contribution in [2.45, 2.75) is 33.6 Å². The third kappa shape index (κ3) is 4.22. The molecule has 0 fully saturated rings. The summed E-state index contributed by atoms with van der Waals surface area (Å²) in [6.45, 7) is 6.24. The first-order valence-electron chi connectivity index (χ1n) is 7.42. The van der Waals surface area contributed by atoms with Crippen molar-refractivity contribution in [3.8, 4) is 5.75 Å². The molecule has 0 unspecified atom stereocenters. The molecule has 0 radical (unpaired) electrons. The van der Waals surface area contributed by atoms with Crippen LogP contribution >= 0.6 is 0 Å². The van der Waals surface area contributed by atoms with Gasteiger partial charge in [0.25, 0.3) is 0 Å². The van der Waals surface area contributed by atoms with E-state index in [1.807, 2.05) is 32.1 Å². The van der Waals surface area contributed by atoms with Crippen LogP contribution in [0.3, 0.4) is 0 Å². The number of carbonyl (C=O) groups is 1. The molecule has 0 aliphatic rings. The van der Waals surface area contributed by atoms with Gasteiger partial charge >= 0.3 is 11.6 Å². The SMILES string of the molecule is CC(C)=CCOc1ccc2c(C)c(CCC(=O)O)c(=O)oc2c1. The van der Waals surface area contributed by atoms with E-state index in [0.29, 0.717) is 23.5 Å². The van der Waals surface area contributed by atoms with Crippen LogP contribution in [-0.4, -0.2) is 17.7 Å². The Bertz CT molecular complexity index is 810. The fraction of sp³-hybridized carbons (Fsp3) is 0.333. The Morgan fingerprint density at radius 1 is 1.35 bits per heavy atom. The molecule has 0 bridgehead atoms. The Kier molecular flexibility index (Phi) is 5.21. The second-order valence-corrected chi connectivity index (χ2v) is 5.64. The minimum atomic E-state index is -0.938. The molecule has 5 nitrogen and oxygen atoms in total. The number of rotatable bonds is 6. The highest BCUT2D eigenvalue weighted by atomic mass is 16.5. The highest BCUT2D eigenvalue weighted by Gasteiger charge is 2.13. The number of ether oxygens (including phenoxy) is 1. The molecular weight excluding hydrogens is 296 g/mol. The molecular formula is C18H20O5. The predicted octanol–water partition coefficient (Wildman–Crippen LogP) is 3.46. The van der Waals surface area contributed by atoms with E-state index >= 15 is 0 Å². The second kappa shape index (κ2) is 7.13. The average Bonchev–Trinajstić information content (AvgIpc) is 2.46. The lowest BCUT2D eigenvalue weighted by Gasteiger charge is -2.09. The Morgan fingerprint density at radius 3 is 2.74 bits per heavy atom. The van der Waals surface area contributed by atoms with E-state index in [-0.39, 0.29) is 12.8 Å². The summed E-state index contributed by atoms with van der Waals surface area (Å²) in [6.07, 6.45) is 2.03. The molecule has 0 atom stereocenters. The van der Waals surface area contributed by atoms with Crippen LogP contribution in [0.1, 0.15) is 31.4 Å². The summed E-state index contributed by atoms with van der Waals surface area (Å²) < 4.78 is 10.9. The fourth-order valence-corrected chi connectivity index (χ4v) is 2.29. The summed E-state index contributed by atoms with van der Waals surface area (Å²) in [7, 11) is 0. The van der Waals surface area contributed by atoms with E-state index in [0.717, 1.165) is 16.5 Å². The van der Waals surface area contributed by atoms with Gasteiger partial charge in [-0.1, -0.05) is 5.57 Å². The lowest BCUT2D eigenvalue weighted by Crippen LogP contribution is -2.12. The summed E-state index contributed by atoms with van der Waals surface area (Å²) in [5.41, 5.74) is 2.29. The number of aliphatic carboxylic acids is 1. The maximum atomic E-state index is 12.1. The van der Waals surface area contributed by atoms with Gasteiger partial charge in [0.05, 0.1) is 0 Å². The third-order valence-corrected chi connectivity index (χ3v) is 3.59. The molecule has 0 saturated carbocycles. The summed E-state index contributed by atoms with van der Waals surface area (Å²) in [5, 5.41) is 9.57. The van der Waals surface area contributed by atoms with E-state index in [9.17, 15) is 9.59 Å². The normalized spacial score (nSPS) is 10.6. The molecule has 1 N–H and O–H groups in total. The van der Waals surface area contributed by atoms with Crippen LogP contribution in [0.2, 0.25) is 0 Å². The Labute approximate surface area is 134 Å². The summed E-state index contributed by atoms with van der Waals surface area (Å²) in [5.74, 6) is -0.317. The van der Waals surface area contributed by atoms with Crippen molar-refractivity contribution in [2.24, 2.45) is 0 Å². The van der Waals surface area contributed by atoms with Gasteiger partial charge in [-0.05, 0) is 51.0 Å². The summed E-state index contributed by atoms with van der Waals surface area (Å²) in [4.78, 5) is 22.8. The Hall–Kier alpha value is -2.56. The molecule has 0 spiro atoms. The average molecular weight is 316 g/mol. The number of allylic oxidation sites excluding steroid dienone is 1. The van der Waals surface area contributed by atoms with E-state index in [1.165, 1.54) is 0 Å². The smallest absolute Gasteiger partial charge is 0.339 e. The number of hydrogen-bond acceptors (Lipinski definition) is 4. The van der Waals surface area contributed by atoms with Gasteiger partial charge in [-0.2, -0.15) is 0 Å². The van der Waals surface area contributed by atoms with Crippen LogP contribution in [-0.2, 0) is 11.2 Å². The van der Waals surface area contributed by atoms with Crippen molar-refractivity contribution in [3.63, 3.8) is 0 Å². The molecule has 122 valence electrons. The van der Waals surface area contributed by atoms with Gasteiger partial charge in [-0.15, -0.1) is 0 Å². The van der Waals surface area contributed by atoms with Gasteiger partial charge in [-0.25, -0.2) is 4.79 Å². The third-order valence-electron chi connectivity index (χ3n) is 3.59. The molecule has 2 rings (SSSR count). The first-order valence-corrected chi connectivity index (χ1v) is 7.42. The zero-order valence-electron chi connectivity index (χ0n) is 13.5. The van der Waals surface area contributed by atoms with Crippen LogP contribution in [0, 0.1) is 6.92 Å². The quantitative estimate of drug-likeness (QED) is 0.652. The predicted molar refractivity (Wildman–Crippen MR) is 88.1 cm³/mol. The number of carboxylic acids is 1. The molecule has 0 aliphatic carbocycles. The van der Waals surface area contributed by atoms with Gasteiger partial charge in [0.2, 0.25) is 0 Å². The topological polar surface area (TPSA) is 76.7 Å². The van der Waals surface area contributed by atoms with Crippen molar-refractivity contribution in [2.75, 3.05) is 6.61 Å². The standard InChI is InChI=1S/C18H20O5/c1-11(2)8-9-22-13-4-5-14-12(3)15(6-7-17(19)20)18(21)23-16(14)10-13/h4-5,8,10H,6-7,9H2,1-3H3,(H,19,20). The van der Waals surface area contributed by atoms with Gasteiger partial charge in [0.1, 0.15) is 17.9 Å². The lowest BCUT2D eigenvalue weighted by molar-refractivity contribution is -0.136. The van der Waals surface area contributed by atoms with Crippen molar-refractivity contribution < 1.29 is 19.1 Å². The number of carboxylic acid groups (broad SMARTS) is 1. The minimum Gasteiger partial charge on any atom is -0.489 e. The van der Waals surface area contributed by atoms with E-state index in [1.54, 1.807) is 13.0 Å². The van der Waals surface area contributed by atoms with Crippen LogP contribution in [0.4, 0.5) is 0 Å². The van der Waals surface area contributed by atoms with E-state index < -0.39 is 11.6 Å². The molecule has 5 heteroatoms. The molecule has 2 aromatic rings. The number of benzene rings is 1. The van der Waals surface area contributed by atoms with Crippen LogP contribution in [0.5, 0.6) is 5.75 Å². The highest BCUT2D eigenvalue weighted by molar-refractivity contribution is 5.82. The summed E-state index contributed by atoms with van der Waals surface area (Å²) in [6, 6.07) is 5.33. The first-order chi connectivity index (χ1) is 10.9. The molecule has 1 aromatic carbocycles. The van der Waals surface area contributed by atoms with E-state index in [4.69, 9.17) is 14.3 Å². The van der Waals surface area contributed by atoms with Crippen LogP contribution < -0.4 is 10.4 Å². The van der Waals surface area contributed by atoms with Gasteiger partial charge < -0.3 is 14.3 Å². The zero-order valence-corrected chi connectivity index (χ0v) is 13.5. The maximum absolute atomic E-state index is 12.1. The maximum Gasteiger partial charge on any atom is 0.339 e. The number of aryl methyl sites for hydroxylation is 1. The summed E-state index contributed by atoms with van der Waals surface area (Å²) >= 11 is 0. The van der Waals surface area contributed by atoms with Gasteiger partial charge in [0, 0.05) is 23.4 Å². The van der Waals surface area contributed by atoms with Crippen molar-refractivity contribution in [1.82, 2.24) is 0 Å². The van der Waals surface area contributed by atoms with E-state index in [2.05, 4.69) is 0 Å². The fourth-order valence-electron chi connectivity index (χ4n) is 2.29. The second-order valence-electron chi connectivity index (χ2n) is 5.64. The molecule has 0 amide bonds. The minimum absolute atomic E-state index is 0.0962. The Morgan fingerprint density at radius 2 is 2.09 bits per heavy atom. The van der Waals surface area contributed by atoms with Crippen molar-refractivity contribution >= 4 is 16.9 Å². The van der Waals surface area contributed by atoms with Crippen LogP contribution in [0.25, 0.3) is 11.0 Å². The molecule has 23 heavy (non-hydrogen) atoms. The number of fused-ring (bicyclic) bond motifs is 1. The molecule has 1 heterocycles. The first kappa shape index (κ1) is 16.8. The molecule has 1 aromatic heterocycles. The molecule has 0 saturated heterocycles. The van der Waals surface area contributed by atoms with Gasteiger partial charge in [-0.3, -0.25) is 4.79 Å². The van der Waals surface area contributed by atoms with Crippen LogP contribution in [0.15, 0.2) is 39.1 Å². The monoisotopic (exact) mass is 316 g/mol. The van der Waals surface area contributed by atoms with Crippen molar-refractivity contribution in [1.29, 1.82) is 0 Å². The zero-order chi connectivity index (χ0) is 17.0. The largest absolute Gasteiger partial charge is 0.489 e. The van der Waals surface area contributed by atoms with Crippen molar-refractivity contribution in [3.05, 3.63) is 51.4 Å². The Balaban J connectivity index is 2.34. The lowest BCUT2D eigenvalue weighted by atomic mass is 10.0. The highest BCUT2D eigenvalue weighted by Crippen LogP contribution is 2.24. The van der Waals surface area contributed by atoms with Gasteiger partial charge in [0.15, 0.2) is 0 Å².